The van der Waals surface area contributed by atoms with Gasteiger partial charge in [0.05, 0.1) is 19.1 Å². The highest BCUT2D eigenvalue weighted by Crippen LogP contribution is 2.34. The minimum Gasteiger partial charge on any atom is -0.502 e. The number of fused-ring (bicyclic) bond motifs is 1. The van der Waals surface area contributed by atoms with Gasteiger partial charge in [-0.3, -0.25) is 4.79 Å². The van der Waals surface area contributed by atoms with Crippen LogP contribution < -0.4 is 10.2 Å². The topological polar surface area (TPSA) is 68.9 Å². The van der Waals surface area contributed by atoms with Crippen LogP contribution in [0.2, 0.25) is 0 Å². The Morgan fingerprint density at radius 3 is 2.48 bits per heavy atom. The van der Waals surface area contributed by atoms with Gasteiger partial charge in [0, 0.05) is 18.2 Å². The summed E-state index contributed by atoms with van der Waals surface area (Å²) < 4.78 is 16.4. The maximum absolute atomic E-state index is 12.5. The molecular weight excluding hydrogens is 320 g/mol. The summed E-state index contributed by atoms with van der Waals surface area (Å²) in [6.45, 7) is 4.26. The van der Waals surface area contributed by atoms with E-state index in [1.165, 1.54) is 0 Å². The molecule has 3 rings (SSSR count). The first-order chi connectivity index (χ1) is 12.0. The summed E-state index contributed by atoms with van der Waals surface area (Å²) >= 11 is 0. The molecule has 0 saturated carbocycles. The predicted octanol–water partition coefficient (Wildman–Crippen LogP) is 3.94. The monoisotopic (exact) mass is 340 g/mol. The van der Waals surface area contributed by atoms with Crippen LogP contribution in [-0.2, 0) is 11.3 Å². The zero-order valence-electron chi connectivity index (χ0n) is 14.7. The highest BCUT2D eigenvalue weighted by molar-refractivity contribution is 5.83. The molecule has 0 spiro atoms. The summed E-state index contributed by atoms with van der Waals surface area (Å²) in [7, 11) is 3.16. The zero-order chi connectivity index (χ0) is 18.1. The maximum atomic E-state index is 12.5. The standard InChI is InChI=1S/C20H20O5/c1-11-7-15-17(8-12(11)2)25-20(19(22)18(15)21)13-5-6-14(10-23-3)16(9-13)24-4/h5-9,22H,10H2,1-4H3. The predicted molar refractivity (Wildman–Crippen MR) is 96.3 cm³/mol. The number of hydrogen-bond donors (Lipinski definition) is 1. The molecule has 25 heavy (non-hydrogen) atoms. The molecule has 2 aromatic carbocycles. The third-order valence-corrected chi connectivity index (χ3v) is 4.33. The van der Waals surface area contributed by atoms with E-state index < -0.39 is 11.2 Å². The van der Waals surface area contributed by atoms with Crippen LogP contribution in [0.15, 0.2) is 39.5 Å². The molecule has 130 valence electrons. The van der Waals surface area contributed by atoms with Gasteiger partial charge in [-0.1, -0.05) is 12.1 Å². The Morgan fingerprint density at radius 2 is 1.80 bits per heavy atom. The van der Waals surface area contributed by atoms with Crippen molar-refractivity contribution < 1.29 is 19.0 Å². The summed E-state index contributed by atoms with van der Waals surface area (Å²) in [6, 6.07) is 8.86. The Bertz CT molecular complexity index is 1000. The molecule has 0 aliphatic carbocycles. The normalized spacial score (nSPS) is 11.0. The fraction of sp³-hybridized carbons (Fsp3) is 0.250. The van der Waals surface area contributed by atoms with E-state index in [1.807, 2.05) is 26.0 Å². The first-order valence-corrected chi connectivity index (χ1v) is 7.89. The number of aromatic hydroxyl groups is 1. The Hall–Kier alpha value is -2.79. The van der Waals surface area contributed by atoms with E-state index in [4.69, 9.17) is 13.9 Å². The van der Waals surface area contributed by atoms with Gasteiger partial charge in [-0.05, 0) is 43.2 Å². The first kappa shape index (κ1) is 17.0. The lowest BCUT2D eigenvalue weighted by atomic mass is 10.0. The summed E-state index contributed by atoms with van der Waals surface area (Å²) in [6.07, 6.45) is 0. The van der Waals surface area contributed by atoms with Gasteiger partial charge in [-0.25, -0.2) is 0 Å². The fourth-order valence-electron chi connectivity index (χ4n) is 2.80. The second-order valence-electron chi connectivity index (χ2n) is 6.00. The van der Waals surface area contributed by atoms with Gasteiger partial charge in [-0.2, -0.15) is 0 Å². The van der Waals surface area contributed by atoms with Crippen LogP contribution in [0.3, 0.4) is 0 Å². The molecule has 1 heterocycles. The number of methoxy groups -OCH3 is 2. The minimum absolute atomic E-state index is 0.128. The summed E-state index contributed by atoms with van der Waals surface area (Å²) in [5, 5.41) is 10.7. The van der Waals surface area contributed by atoms with Crippen LogP contribution in [0.1, 0.15) is 16.7 Å². The molecule has 0 bridgehead atoms. The van der Waals surface area contributed by atoms with Gasteiger partial charge in [0.1, 0.15) is 11.3 Å². The fourth-order valence-corrected chi connectivity index (χ4v) is 2.80. The van der Waals surface area contributed by atoms with E-state index in [2.05, 4.69) is 0 Å². The van der Waals surface area contributed by atoms with Crippen molar-refractivity contribution in [3.05, 3.63) is 57.2 Å². The molecule has 0 aliphatic rings. The molecule has 0 radical (unpaired) electrons. The van der Waals surface area contributed by atoms with E-state index in [1.54, 1.807) is 32.4 Å². The third-order valence-electron chi connectivity index (χ3n) is 4.33. The molecule has 0 atom stereocenters. The molecule has 0 unspecified atom stereocenters. The minimum atomic E-state index is -0.445. The van der Waals surface area contributed by atoms with Gasteiger partial charge in [0.25, 0.3) is 0 Å². The van der Waals surface area contributed by atoms with Gasteiger partial charge >= 0.3 is 0 Å². The van der Waals surface area contributed by atoms with Crippen molar-refractivity contribution in [2.24, 2.45) is 0 Å². The molecule has 5 nitrogen and oxygen atoms in total. The largest absolute Gasteiger partial charge is 0.502 e. The molecular formula is C20H20O5. The molecule has 0 fully saturated rings. The molecule has 3 aromatic rings. The van der Waals surface area contributed by atoms with E-state index in [0.717, 1.165) is 16.7 Å². The average Bonchev–Trinajstić information content (AvgIpc) is 2.60. The lowest BCUT2D eigenvalue weighted by Gasteiger charge is -2.11. The van der Waals surface area contributed by atoms with Crippen molar-refractivity contribution in [1.82, 2.24) is 0 Å². The van der Waals surface area contributed by atoms with Crippen molar-refractivity contribution in [3.8, 4) is 22.8 Å². The first-order valence-electron chi connectivity index (χ1n) is 7.89. The number of rotatable bonds is 4. The zero-order valence-corrected chi connectivity index (χ0v) is 14.7. The quantitative estimate of drug-likeness (QED) is 0.779. The van der Waals surface area contributed by atoms with Gasteiger partial charge in [0.15, 0.2) is 5.76 Å². The van der Waals surface area contributed by atoms with E-state index in [9.17, 15) is 9.90 Å². The van der Waals surface area contributed by atoms with E-state index in [0.29, 0.717) is 28.9 Å². The van der Waals surface area contributed by atoms with Gasteiger partial charge in [-0.15, -0.1) is 0 Å². The van der Waals surface area contributed by atoms with Crippen molar-refractivity contribution in [3.63, 3.8) is 0 Å². The van der Waals surface area contributed by atoms with Crippen LogP contribution >= 0.6 is 0 Å². The van der Waals surface area contributed by atoms with Gasteiger partial charge in [0.2, 0.25) is 11.2 Å². The number of benzene rings is 2. The smallest absolute Gasteiger partial charge is 0.235 e. The van der Waals surface area contributed by atoms with Crippen molar-refractivity contribution >= 4 is 11.0 Å². The molecule has 0 amide bonds. The molecule has 1 aromatic heterocycles. The Balaban J connectivity index is 2.24. The Kier molecular flexibility index (Phi) is 4.51. The average molecular weight is 340 g/mol. The second-order valence-corrected chi connectivity index (χ2v) is 6.00. The number of aryl methyl sites for hydroxylation is 2. The highest BCUT2D eigenvalue weighted by atomic mass is 16.5. The Labute approximate surface area is 145 Å². The SMILES string of the molecule is COCc1ccc(-c2oc3cc(C)c(C)cc3c(=O)c2O)cc1OC. The second kappa shape index (κ2) is 6.61. The van der Waals surface area contributed by atoms with Gasteiger partial charge < -0.3 is 19.0 Å². The summed E-state index contributed by atoms with van der Waals surface area (Å²) in [5.41, 5.74) is 3.41. The van der Waals surface area contributed by atoms with Crippen molar-refractivity contribution in [2.75, 3.05) is 14.2 Å². The van der Waals surface area contributed by atoms with Crippen molar-refractivity contribution in [1.29, 1.82) is 0 Å². The lowest BCUT2D eigenvalue weighted by molar-refractivity contribution is 0.181. The van der Waals surface area contributed by atoms with Crippen LogP contribution in [0.4, 0.5) is 0 Å². The van der Waals surface area contributed by atoms with Crippen LogP contribution in [0, 0.1) is 13.8 Å². The molecule has 5 heteroatoms. The van der Waals surface area contributed by atoms with Crippen LogP contribution in [0.25, 0.3) is 22.3 Å². The molecule has 1 N–H and O–H groups in total. The third kappa shape index (κ3) is 2.98. The van der Waals surface area contributed by atoms with Crippen LogP contribution in [0.5, 0.6) is 11.5 Å². The number of ether oxygens (including phenoxy) is 2. The summed E-state index contributed by atoms with van der Waals surface area (Å²) in [5.74, 6) is 0.321. The maximum Gasteiger partial charge on any atom is 0.235 e. The Morgan fingerprint density at radius 1 is 1.08 bits per heavy atom. The van der Waals surface area contributed by atoms with E-state index >= 15 is 0 Å². The lowest BCUT2D eigenvalue weighted by Crippen LogP contribution is -2.04. The molecule has 0 saturated heterocycles. The number of hydrogen-bond acceptors (Lipinski definition) is 5. The highest BCUT2D eigenvalue weighted by Gasteiger charge is 2.17. The van der Waals surface area contributed by atoms with Crippen LogP contribution in [-0.4, -0.2) is 19.3 Å². The summed E-state index contributed by atoms with van der Waals surface area (Å²) in [4.78, 5) is 12.5. The molecule has 0 aliphatic heterocycles. The van der Waals surface area contributed by atoms with Crippen molar-refractivity contribution in [2.45, 2.75) is 20.5 Å². The van der Waals surface area contributed by atoms with E-state index in [-0.39, 0.29) is 5.76 Å².